The average molecular weight is 375 g/mol. The van der Waals surface area contributed by atoms with Crippen LogP contribution in [0.3, 0.4) is 0 Å². The zero-order valence-corrected chi connectivity index (χ0v) is 16.0. The lowest BCUT2D eigenvalue weighted by Crippen LogP contribution is -2.41. The molecule has 2 aromatic rings. The fourth-order valence-electron chi connectivity index (χ4n) is 3.12. The van der Waals surface area contributed by atoms with E-state index in [-0.39, 0.29) is 5.75 Å². The van der Waals surface area contributed by atoms with Crippen LogP contribution in [0, 0.1) is 6.92 Å². The Labute approximate surface area is 156 Å². The monoisotopic (exact) mass is 374 g/mol. The Kier molecular flexibility index (Phi) is 6.43. The van der Waals surface area contributed by atoms with Gasteiger partial charge in [-0.3, -0.25) is 0 Å². The number of hydrogen-bond donors (Lipinski definition) is 1. The van der Waals surface area contributed by atoms with E-state index >= 15 is 0 Å². The molecule has 0 saturated carbocycles. The molecule has 140 valence electrons. The van der Waals surface area contributed by atoms with Crippen LogP contribution >= 0.6 is 0 Å². The first kappa shape index (κ1) is 19.0. The Bertz CT molecular complexity index is 830. The summed E-state index contributed by atoms with van der Waals surface area (Å²) in [7, 11) is -3.32. The second-order valence-corrected chi connectivity index (χ2v) is 8.54. The van der Waals surface area contributed by atoms with Crippen molar-refractivity contribution < 1.29 is 13.2 Å². The van der Waals surface area contributed by atoms with E-state index in [1.54, 1.807) is 0 Å². The van der Waals surface area contributed by atoms with Gasteiger partial charge in [0.15, 0.2) is 0 Å². The maximum atomic E-state index is 12.7. The van der Waals surface area contributed by atoms with Crippen LogP contribution in [0.2, 0.25) is 0 Å². The maximum Gasteiger partial charge on any atom is 0.218 e. The van der Waals surface area contributed by atoms with Crippen LogP contribution in [0.15, 0.2) is 48.5 Å². The van der Waals surface area contributed by atoms with E-state index in [9.17, 15) is 8.42 Å². The van der Waals surface area contributed by atoms with Gasteiger partial charge < -0.3 is 10.1 Å². The predicted molar refractivity (Wildman–Crippen MR) is 103 cm³/mol. The number of ether oxygens (including phenoxy) is 1. The third-order valence-electron chi connectivity index (χ3n) is 4.71. The molecule has 0 aliphatic carbocycles. The van der Waals surface area contributed by atoms with Gasteiger partial charge in [-0.15, -0.1) is 0 Å². The molecular weight excluding hydrogens is 348 g/mol. The highest BCUT2D eigenvalue weighted by Crippen LogP contribution is 2.17. The van der Waals surface area contributed by atoms with Gasteiger partial charge in [0, 0.05) is 26.2 Å². The predicted octanol–water partition coefficient (Wildman–Crippen LogP) is 2.45. The molecule has 1 N–H and O–H groups in total. The summed E-state index contributed by atoms with van der Waals surface area (Å²) in [5.74, 6) is 0.0369. The van der Waals surface area contributed by atoms with Crippen molar-refractivity contribution in [1.29, 1.82) is 0 Å². The van der Waals surface area contributed by atoms with Crippen LogP contribution in [-0.4, -0.2) is 39.0 Å². The Morgan fingerprint density at radius 2 is 1.50 bits per heavy atom. The second-order valence-electron chi connectivity index (χ2n) is 6.57. The Balaban J connectivity index is 1.65. The highest BCUT2D eigenvalue weighted by atomic mass is 32.2. The summed E-state index contributed by atoms with van der Waals surface area (Å²) in [6, 6.07) is 16.0. The number of nitrogens with one attached hydrogen (secondary N) is 1. The molecule has 2 aromatic carbocycles. The van der Waals surface area contributed by atoms with E-state index in [0.717, 1.165) is 17.7 Å². The molecular formula is C20H26N2O3S. The van der Waals surface area contributed by atoms with Crippen LogP contribution in [0.4, 0.5) is 0 Å². The molecule has 0 amide bonds. The molecule has 0 aromatic heterocycles. The van der Waals surface area contributed by atoms with E-state index in [1.807, 2.05) is 36.4 Å². The quantitative estimate of drug-likeness (QED) is 0.809. The van der Waals surface area contributed by atoms with Crippen molar-refractivity contribution in [3.8, 4) is 0 Å². The number of hydrogen-bond acceptors (Lipinski definition) is 4. The zero-order valence-electron chi connectivity index (χ0n) is 15.1. The largest absolute Gasteiger partial charge is 0.379 e. The van der Waals surface area contributed by atoms with E-state index < -0.39 is 10.0 Å². The minimum absolute atomic E-state index is 0.0369. The van der Waals surface area contributed by atoms with Crippen LogP contribution in [0.1, 0.15) is 22.3 Å². The molecule has 1 aliphatic heterocycles. The number of benzene rings is 2. The molecule has 0 atom stereocenters. The summed E-state index contributed by atoms with van der Waals surface area (Å²) in [4.78, 5) is 0. The van der Waals surface area contributed by atoms with Crippen molar-refractivity contribution in [3.63, 3.8) is 0 Å². The summed E-state index contributed by atoms with van der Waals surface area (Å²) in [6.45, 7) is 5.32. The normalized spacial score (nSPS) is 15.9. The van der Waals surface area contributed by atoms with Gasteiger partial charge in [0.1, 0.15) is 0 Å². The molecule has 0 unspecified atom stereocenters. The number of nitrogens with zero attached hydrogens (tertiary/aromatic N) is 1. The van der Waals surface area contributed by atoms with Crippen molar-refractivity contribution in [3.05, 3.63) is 70.8 Å². The minimum atomic E-state index is -3.32. The van der Waals surface area contributed by atoms with E-state index in [4.69, 9.17) is 4.74 Å². The number of morpholine rings is 1. The van der Waals surface area contributed by atoms with Crippen LogP contribution < -0.4 is 5.32 Å². The number of sulfonamides is 1. The lowest BCUT2D eigenvalue weighted by molar-refractivity contribution is 0.0729. The highest BCUT2D eigenvalue weighted by molar-refractivity contribution is 7.88. The standard InChI is InChI=1S/C20H26N2O3S/c1-17-6-2-3-7-18(17)14-21-15-19-8-4-5-9-20(19)16-26(23,24)22-10-12-25-13-11-22/h2-9,21H,10-16H2,1H3. The molecule has 3 rings (SSSR count). The minimum Gasteiger partial charge on any atom is -0.379 e. The van der Waals surface area contributed by atoms with Gasteiger partial charge in [-0.05, 0) is 29.2 Å². The first-order valence-electron chi connectivity index (χ1n) is 8.94. The Morgan fingerprint density at radius 3 is 2.19 bits per heavy atom. The van der Waals surface area contributed by atoms with Crippen LogP contribution in [0.5, 0.6) is 0 Å². The van der Waals surface area contributed by atoms with Crippen molar-refractivity contribution in [1.82, 2.24) is 9.62 Å². The van der Waals surface area contributed by atoms with Crippen LogP contribution in [0.25, 0.3) is 0 Å². The first-order valence-corrected chi connectivity index (χ1v) is 10.5. The van der Waals surface area contributed by atoms with E-state index in [1.165, 1.54) is 15.4 Å². The smallest absolute Gasteiger partial charge is 0.218 e. The lowest BCUT2D eigenvalue weighted by Gasteiger charge is -2.26. The Morgan fingerprint density at radius 1 is 0.923 bits per heavy atom. The molecule has 0 radical (unpaired) electrons. The summed E-state index contributed by atoms with van der Waals surface area (Å²) in [5, 5.41) is 3.44. The highest BCUT2D eigenvalue weighted by Gasteiger charge is 2.25. The first-order chi connectivity index (χ1) is 12.6. The fraction of sp³-hybridized carbons (Fsp3) is 0.400. The summed E-state index contributed by atoms with van der Waals surface area (Å²) >= 11 is 0. The molecule has 1 aliphatic rings. The maximum absolute atomic E-state index is 12.7. The SMILES string of the molecule is Cc1ccccc1CNCc1ccccc1CS(=O)(=O)N1CCOCC1. The fourth-order valence-corrected chi connectivity index (χ4v) is 4.69. The molecule has 5 nitrogen and oxygen atoms in total. The van der Waals surface area contributed by atoms with Crippen molar-refractivity contribution >= 4 is 10.0 Å². The van der Waals surface area contributed by atoms with Gasteiger partial charge in [0.05, 0.1) is 19.0 Å². The van der Waals surface area contributed by atoms with Gasteiger partial charge in [-0.25, -0.2) is 8.42 Å². The molecule has 26 heavy (non-hydrogen) atoms. The Hall–Kier alpha value is -1.73. The van der Waals surface area contributed by atoms with Crippen LogP contribution in [-0.2, 0) is 33.6 Å². The van der Waals surface area contributed by atoms with E-state index in [0.29, 0.717) is 32.8 Å². The number of aryl methyl sites for hydroxylation is 1. The number of rotatable bonds is 7. The lowest BCUT2D eigenvalue weighted by atomic mass is 10.1. The topological polar surface area (TPSA) is 58.6 Å². The van der Waals surface area contributed by atoms with Gasteiger partial charge >= 0.3 is 0 Å². The third kappa shape index (κ3) is 4.92. The molecule has 1 heterocycles. The van der Waals surface area contributed by atoms with Gasteiger partial charge in [0.2, 0.25) is 10.0 Å². The van der Waals surface area contributed by atoms with Crippen molar-refractivity contribution in [2.75, 3.05) is 26.3 Å². The second kappa shape index (κ2) is 8.77. The van der Waals surface area contributed by atoms with Crippen molar-refractivity contribution in [2.45, 2.75) is 25.8 Å². The molecule has 0 spiro atoms. The van der Waals surface area contributed by atoms with Gasteiger partial charge in [-0.2, -0.15) is 4.31 Å². The average Bonchev–Trinajstić information content (AvgIpc) is 2.65. The van der Waals surface area contributed by atoms with Gasteiger partial charge in [0.25, 0.3) is 0 Å². The zero-order chi connectivity index (χ0) is 18.4. The van der Waals surface area contributed by atoms with Gasteiger partial charge in [-0.1, -0.05) is 48.5 Å². The molecule has 6 heteroatoms. The summed E-state index contributed by atoms with van der Waals surface area (Å²) in [6.07, 6.45) is 0. The van der Waals surface area contributed by atoms with E-state index in [2.05, 4.69) is 24.4 Å². The molecule has 1 fully saturated rings. The molecule has 1 saturated heterocycles. The summed E-state index contributed by atoms with van der Waals surface area (Å²) < 4.78 is 32.2. The summed E-state index contributed by atoms with van der Waals surface area (Å²) in [5.41, 5.74) is 4.39. The van der Waals surface area contributed by atoms with Crippen molar-refractivity contribution in [2.24, 2.45) is 0 Å². The molecule has 0 bridgehead atoms. The third-order valence-corrected chi connectivity index (χ3v) is 6.54.